The van der Waals surface area contributed by atoms with Gasteiger partial charge in [-0.05, 0) is 46.7 Å². The van der Waals surface area contributed by atoms with E-state index in [1.807, 2.05) is 97.1 Å². The maximum atomic E-state index is 13.6. The van der Waals surface area contributed by atoms with E-state index >= 15 is 0 Å². The second kappa shape index (κ2) is 12.4. The van der Waals surface area contributed by atoms with E-state index in [1.54, 1.807) is 32.4 Å². The van der Waals surface area contributed by atoms with Gasteiger partial charge in [0.2, 0.25) is 5.91 Å². The third-order valence-electron chi connectivity index (χ3n) is 6.32. The molecule has 0 aliphatic heterocycles. The molecule has 2 N–H and O–H groups in total. The Morgan fingerprint density at radius 1 is 0.650 bits per heavy atom. The van der Waals surface area contributed by atoms with Crippen LogP contribution in [0.2, 0.25) is 0 Å². The highest BCUT2D eigenvalue weighted by molar-refractivity contribution is 8.00. The van der Waals surface area contributed by atoms with E-state index in [1.165, 1.54) is 11.8 Å². The summed E-state index contributed by atoms with van der Waals surface area (Å²) in [7, 11) is 3.13. The SMILES string of the molecule is COc1cc(NC(=O)C(Sc2cccc(NC(=O)c3ccc4ccccc4c3)c2)c2ccccc2)cc(OC)c1. The third kappa shape index (κ3) is 6.45. The molecule has 2 amide bonds. The molecule has 0 aliphatic rings. The van der Waals surface area contributed by atoms with Crippen molar-refractivity contribution in [3.63, 3.8) is 0 Å². The Hall–Kier alpha value is -4.75. The Balaban J connectivity index is 1.36. The van der Waals surface area contributed by atoms with Crippen LogP contribution in [0.3, 0.4) is 0 Å². The van der Waals surface area contributed by atoms with Crippen molar-refractivity contribution >= 4 is 45.7 Å². The first-order valence-electron chi connectivity index (χ1n) is 12.7. The first kappa shape index (κ1) is 26.8. The molecule has 0 aliphatic carbocycles. The van der Waals surface area contributed by atoms with Gasteiger partial charge in [0, 0.05) is 40.0 Å². The summed E-state index contributed by atoms with van der Waals surface area (Å²) in [5, 5.41) is 7.53. The largest absolute Gasteiger partial charge is 0.497 e. The number of rotatable bonds is 9. The van der Waals surface area contributed by atoms with Crippen molar-refractivity contribution in [1.29, 1.82) is 0 Å². The lowest BCUT2D eigenvalue weighted by Gasteiger charge is -2.18. The molecule has 1 atom stereocenters. The monoisotopic (exact) mass is 548 g/mol. The van der Waals surface area contributed by atoms with Gasteiger partial charge in [-0.3, -0.25) is 9.59 Å². The number of amides is 2. The number of anilines is 2. The van der Waals surface area contributed by atoms with Gasteiger partial charge in [-0.25, -0.2) is 0 Å². The van der Waals surface area contributed by atoms with Crippen molar-refractivity contribution in [2.75, 3.05) is 24.9 Å². The molecule has 0 spiro atoms. The molecule has 0 radical (unpaired) electrons. The second-order valence-corrected chi connectivity index (χ2v) is 10.2. The zero-order chi connectivity index (χ0) is 27.9. The Kier molecular flexibility index (Phi) is 8.32. The average Bonchev–Trinajstić information content (AvgIpc) is 3.00. The minimum atomic E-state index is -0.551. The minimum Gasteiger partial charge on any atom is -0.497 e. The fraction of sp³-hybridized carbons (Fsp3) is 0.0909. The van der Waals surface area contributed by atoms with Crippen LogP contribution < -0.4 is 20.1 Å². The van der Waals surface area contributed by atoms with Crippen LogP contribution in [0.25, 0.3) is 10.8 Å². The summed E-state index contributed by atoms with van der Waals surface area (Å²) in [5.41, 5.74) is 2.64. The van der Waals surface area contributed by atoms with Gasteiger partial charge in [0.1, 0.15) is 16.7 Å². The molecular formula is C33H28N2O4S. The summed E-state index contributed by atoms with van der Waals surface area (Å²) in [6, 6.07) is 35.9. The van der Waals surface area contributed by atoms with Crippen LogP contribution in [0.5, 0.6) is 11.5 Å². The molecule has 0 fully saturated rings. The second-order valence-electron chi connectivity index (χ2n) is 9.04. The number of methoxy groups -OCH3 is 2. The van der Waals surface area contributed by atoms with E-state index in [0.29, 0.717) is 28.4 Å². The highest BCUT2D eigenvalue weighted by Crippen LogP contribution is 2.38. The molecule has 7 heteroatoms. The van der Waals surface area contributed by atoms with Crippen molar-refractivity contribution < 1.29 is 19.1 Å². The number of hydrogen-bond acceptors (Lipinski definition) is 5. The van der Waals surface area contributed by atoms with E-state index in [9.17, 15) is 9.59 Å². The van der Waals surface area contributed by atoms with E-state index in [-0.39, 0.29) is 11.8 Å². The molecule has 5 rings (SSSR count). The Labute approximate surface area is 237 Å². The van der Waals surface area contributed by atoms with Crippen LogP contribution in [-0.2, 0) is 4.79 Å². The molecule has 0 aromatic heterocycles. The van der Waals surface area contributed by atoms with Crippen molar-refractivity contribution in [2.24, 2.45) is 0 Å². The number of fused-ring (bicyclic) bond motifs is 1. The molecule has 5 aromatic carbocycles. The molecule has 0 bridgehead atoms. The van der Waals surface area contributed by atoms with Crippen LogP contribution in [0.15, 0.2) is 120 Å². The van der Waals surface area contributed by atoms with Crippen LogP contribution in [-0.4, -0.2) is 26.0 Å². The summed E-state index contributed by atoms with van der Waals surface area (Å²) < 4.78 is 10.7. The van der Waals surface area contributed by atoms with Crippen molar-refractivity contribution in [1.82, 2.24) is 0 Å². The normalized spacial score (nSPS) is 11.4. The lowest BCUT2D eigenvalue weighted by molar-refractivity contribution is -0.115. The molecule has 40 heavy (non-hydrogen) atoms. The van der Waals surface area contributed by atoms with Crippen LogP contribution in [0.4, 0.5) is 11.4 Å². The van der Waals surface area contributed by atoms with Gasteiger partial charge >= 0.3 is 0 Å². The number of hydrogen-bond donors (Lipinski definition) is 2. The first-order chi connectivity index (χ1) is 19.5. The van der Waals surface area contributed by atoms with Gasteiger partial charge in [-0.2, -0.15) is 0 Å². The lowest BCUT2D eigenvalue weighted by Crippen LogP contribution is -2.19. The minimum absolute atomic E-state index is 0.197. The predicted molar refractivity (Wildman–Crippen MR) is 162 cm³/mol. The molecule has 0 saturated heterocycles. The molecule has 200 valence electrons. The molecular weight excluding hydrogens is 520 g/mol. The third-order valence-corrected chi connectivity index (χ3v) is 7.56. The smallest absolute Gasteiger partial charge is 0.255 e. The fourth-order valence-corrected chi connectivity index (χ4v) is 5.39. The standard InChI is InChI=1S/C33H28N2O4S/c1-38-28-18-27(19-29(21-28)39-2)35-33(37)31(23-10-4-3-5-11-23)40-30-14-8-13-26(20-30)34-32(36)25-16-15-22-9-6-7-12-24(22)17-25/h3-21,31H,1-2H3,(H,34,36)(H,35,37). The number of carbonyl (C=O) groups excluding carboxylic acids is 2. The van der Waals surface area contributed by atoms with Crippen LogP contribution >= 0.6 is 11.8 Å². The van der Waals surface area contributed by atoms with Crippen molar-refractivity contribution in [2.45, 2.75) is 10.1 Å². The molecule has 6 nitrogen and oxygen atoms in total. The van der Waals surface area contributed by atoms with Gasteiger partial charge in [0.25, 0.3) is 5.91 Å². The zero-order valence-corrected chi connectivity index (χ0v) is 22.9. The number of ether oxygens (including phenoxy) is 2. The van der Waals surface area contributed by atoms with E-state index < -0.39 is 5.25 Å². The van der Waals surface area contributed by atoms with Gasteiger partial charge in [0.05, 0.1) is 14.2 Å². The number of thioether (sulfide) groups is 1. The van der Waals surface area contributed by atoms with Crippen LogP contribution in [0.1, 0.15) is 21.2 Å². The van der Waals surface area contributed by atoms with Crippen molar-refractivity contribution in [3.05, 3.63) is 126 Å². The maximum Gasteiger partial charge on any atom is 0.255 e. The summed E-state index contributed by atoms with van der Waals surface area (Å²) in [5.74, 6) is 0.760. The van der Waals surface area contributed by atoms with Crippen molar-refractivity contribution in [3.8, 4) is 11.5 Å². The molecule has 5 aromatic rings. The molecule has 1 unspecified atom stereocenters. The summed E-state index contributed by atoms with van der Waals surface area (Å²) in [6.45, 7) is 0. The molecule has 0 heterocycles. The highest BCUT2D eigenvalue weighted by atomic mass is 32.2. The summed E-state index contributed by atoms with van der Waals surface area (Å²) in [4.78, 5) is 27.5. The average molecular weight is 549 g/mol. The van der Waals surface area contributed by atoms with Gasteiger partial charge in [0.15, 0.2) is 0 Å². The fourth-order valence-electron chi connectivity index (χ4n) is 4.31. The Morgan fingerprint density at radius 3 is 2.08 bits per heavy atom. The predicted octanol–water partition coefficient (Wildman–Crippen LogP) is 7.58. The Bertz CT molecular complexity index is 1630. The number of nitrogens with one attached hydrogen (secondary N) is 2. The topological polar surface area (TPSA) is 76.7 Å². The van der Waals surface area contributed by atoms with E-state index in [4.69, 9.17) is 9.47 Å². The molecule has 0 saturated carbocycles. The number of benzene rings is 5. The summed E-state index contributed by atoms with van der Waals surface area (Å²) in [6.07, 6.45) is 0. The van der Waals surface area contributed by atoms with Gasteiger partial charge in [-0.15, -0.1) is 11.8 Å². The quantitative estimate of drug-likeness (QED) is 0.186. The first-order valence-corrected chi connectivity index (χ1v) is 13.6. The highest BCUT2D eigenvalue weighted by Gasteiger charge is 2.23. The zero-order valence-electron chi connectivity index (χ0n) is 22.1. The number of carbonyl (C=O) groups is 2. The lowest BCUT2D eigenvalue weighted by atomic mass is 10.1. The Morgan fingerprint density at radius 2 is 1.35 bits per heavy atom. The van der Waals surface area contributed by atoms with Gasteiger partial charge in [-0.1, -0.05) is 66.7 Å². The van der Waals surface area contributed by atoms with Gasteiger partial charge < -0.3 is 20.1 Å². The maximum absolute atomic E-state index is 13.6. The summed E-state index contributed by atoms with van der Waals surface area (Å²) >= 11 is 1.40. The van der Waals surface area contributed by atoms with E-state index in [2.05, 4.69) is 10.6 Å². The van der Waals surface area contributed by atoms with E-state index in [0.717, 1.165) is 21.2 Å². The van der Waals surface area contributed by atoms with Crippen LogP contribution in [0, 0.1) is 0 Å².